The monoisotopic (exact) mass is 242 g/mol. The summed E-state index contributed by atoms with van der Waals surface area (Å²) in [7, 11) is 0. The molecule has 1 rings (SSSR count). The third-order valence-corrected chi connectivity index (χ3v) is 2.38. The Kier molecular flexibility index (Phi) is 5.61. The quantitative estimate of drug-likeness (QED) is 0.743. The van der Waals surface area contributed by atoms with Gasteiger partial charge in [-0.1, -0.05) is 18.2 Å². The molecule has 0 atom stereocenters. The Morgan fingerprint density at radius 3 is 1.88 bits per heavy atom. The van der Waals surface area contributed by atoms with E-state index < -0.39 is 5.97 Å². The third-order valence-electron chi connectivity index (χ3n) is 1.79. The van der Waals surface area contributed by atoms with Crippen LogP contribution in [0.25, 0.3) is 0 Å². The maximum atomic E-state index is 9.60. The van der Waals surface area contributed by atoms with Gasteiger partial charge in [-0.15, -0.1) is 0 Å². The highest BCUT2D eigenvalue weighted by atomic mass is 35.5. The summed E-state index contributed by atoms with van der Waals surface area (Å²) in [5.41, 5.74) is 2.01. The predicted molar refractivity (Wildman–Crippen MR) is 65.0 cm³/mol. The molecule has 0 aliphatic rings. The molecule has 16 heavy (non-hydrogen) atoms. The lowest BCUT2D eigenvalue weighted by Gasteiger charge is -2.01. The number of aliphatic carboxylic acids is 1. The first-order chi connectivity index (χ1) is 7.25. The number of hydrogen-bond donors (Lipinski definition) is 2. The normalized spacial score (nSPS) is 9.00. The van der Waals surface area contributed by atoms with Gasteiger partial charge in [0.25, 0.3) is 0 Å². The van der Waals surface area contributed by atoms with Crippen LogP contribution in [-0.4, -0.2) is 16.2 Å². The van der Waals surface area contributed by atoms with Gasteiger partial charge in [0.15, 0.2) is 0 Å². The Labute approximate surface area is 100.0 Å². The van der Waals surface area contributed by atoms with Crippen LogP contribution >= 0.6 is 11.6 Å². The van der Waals surface area contributed by atoms with Gasteiger partial charge in [0.1, 0.15) is 5.75 Å². The number of aryl methyl sites for hydroxylation is 2. The van der Waals surface area contributed by atoms with Crippen molar-refractivity contribution < 1.29 is 15.0 Å². The molecule has 0 saturated carbocycles. The number of rotatable bonds is 1. The molecule has 0 saturated heterocycles. The van der Waals surface area contributed by atoms with Crippen LogP contribution in [0.3, 0.4) is 0 Å². The lowest BCUT2D eigenvalue weighted by atomic mass is 10.1. The SMILES string of the molecule is C=C(C)C(=O)O.Cc1cc(O)cc(C)c1Cl. The minimum absolute atomic E-state index is 0.176. The van der Waals surface area contributed by atoms with Gasteiger partial charge in [-0.25, -0.2) is 4.79 Å². The van der Waals surface area contributed by atoms with Gasteiger partial charge in [0, 0.05) is 10.6 Å². The summed E-state index contributed by atoms with van der Waals surface area (Å²) < 4.78 is 0. The third kappa shape index (κ3) is 4.84. The van der Waals surface area contributed by atoms with E-state index in [0.29, 0.717) is 0 Å². The van der Waals surface area contributed by atoms with E-state index in [1.165, 1.54) is 6.92 Å². The van der Waals surface area contributed by atoms with Crippen molar-refractivity contribution in [3.05, 3.63) is 40.4 Å². The number of benzene rings is 1. The molecule has 0 spiro atoms. The van der Waals surface area contributed by atoms with Gasteiger partial charge in [-0.3, -0.25) is 0 Å². The fraction of sp³-hybridized carbons (Fsp3) is 0.250. The molecule has 0 amide bonds. The molecule has 2 N–H and O–H groups in total. The van der Waals surface area contributed by atoms with E-state index in [9.17, 15) is 4.79 Å². The molecule has 0 fully saturated rings. The van der Waals surface area contributed by atoms with Gasteiger partial charge in [0.2, 0.25) is 0 Å². The first-order valence-corrected chi connectivity index (χ1v) is 4.98. The molecule has 1 aromatic carbocycles. The average Bonchev–Trinajstić information content (AvgIpc) is 2.14. The van der Waals surface area contributed by atoms with E-state index in [-0.39, 0.29) is 11.3 Å². The predicted octanol–water partition coefficient (Wildman–Crippen LogP) is 3.31. The van der Waals surface area contributed by atoms with E-state index in [4.69, 9.17) is 21.8 Å². The lowest BCUT2D eigenvalue weighted by Crippen LogP contribution is -1.92. The van der Waals surface area contributed by atoms with E-state index in [0.717, 1.165) is 16.1 Å². The van der Waals surface area contributed by atoms with Crippen molar-refractivity contribution in [1.29, 1.82) is 0 Å². The maximum absolute atomic E-state index is 9.60. The van der Waals surface area contributed by atoms with Crippen molar-refractivity contribution in [2.75, 3.05) is 0 Å². The molecule has 88 valence electrons. The highest BCUT2D eigenvalue weighted by molar-refractivity contribution is 6.32. The van der Waals surface area contributed by atoms with E-state index in [2.05, 4.69) is 6.58 Å². The molecule has 0 radical (unpaired) electrons. The fourth-order valence-electron chi connectivity index (χ4n) is 0.923. The number of halogens is 1. The van der Waals surface area contributed by atoms with E-state index >= 15 is 0 Å². The second-order valence-electron chi connectivity index (χ2n) is 3.48. The molecule has 0 aromatic heterocycles. The van der Waals surface area contributed by atoms with Gasteiger partial charge < -0.3 is 10.2 Å². The molecular formula is C12H15ClO3. The summed E-state index contributed by atoms with van der Waals surface area (Å²) in [6.07, 6.45) is 0. The summed E-state index contributed by atoms with van der Waals surface area (Å²) in [5, 5.41) is 17.7. The van der Waals surface area contributed by atoms with Crippen molar-refractivity contribution >= 4 is 17.6 Å². The fourth-order valence-corrected chi connectivity index (χ4v) is 1.03. The van der Waals surface area contributed by atoms with Crippen LogP contribution in [0.4, 0.5) is 0 Å². The number of phenolic OH excluding ortho intramolecular Hbond substituents is 1. The lowest BCUT2D eigenvalue weighted by molar-refractivity contribution is -0.132. The summed E-state index contributed by atoms with van der Waals surface area (Å²) >= 11 is 5.84. The van der Waals surface area contributed by atoms with Crippen LogP contribution in [-0.2, 0) is 4.79 Å². The highest BCUT2D eigenvalue weighted by Crippen LogP contribution is 2.24. The van der Waals surface area contributed by atoms with Crippen molar-refractivity contribution in [2.24, 2.45) is 0 Å². The van der Waals surface area contributed by atoms with Gasteiger partial charge in [0.05, 0.1) is 0 Å². The van der Waals surface area contributed by atoms with Crippen molar-refractivity contribution in [1.82, 2.24) is 0 Å². The Balaban J connectivity index is 0.000000325. The number of carboxylic acids is 1. The van der Waals surface area contributed by atoms with Gasteiger partial charge in [-0.05, 0) is 44.0 Å². The largest absolute Gasteiger partial charge is 0.508 e. The molecule has 0 heterocycles. The number of phenols is 1. The number of carbonyl (C=O) groups is 1. The summed E-state index contributed by atoms with van der Waals surface area (Å²) in [6, 6.07) is 3.30. The highest BCUT2D eigenvalue weighted by Gasteiger charge is 1.99. The standard InChI is InChI=1S/C8H9ClO.C4H6O2/c1-5-3-7(10)4-6(2)8(5)9;1-3(2)4(5)6/h3-4,10H,1-2H3;1H2,2H3,(H,5,6). The average molecular weight is 243 g/mol. The minimum atomic E-state index is -0.935. The van der Waals surface area contributed by atoms with Gasteiger partial charge >= 0.3 is 5.97 Å². The number of hydrogen-bond acceptors (Lipinski definition) is 2. The van der Waals surface area contributed by atoms with Crippen molar-refractivity contribution in [3.8, 4) is 5.75 Å². The Morgan fingerprint density at radius 1 is 1.31 bits per heavy atom. The van der Waals surface area contributed by atoms with Crippen LogP contribution in [0.2, 0.25) is 5.02 Å². The zero-order chi connectivity index (χ0) is 12.9. The smallest absolute Gasteiger partial charge is 0.330 e. The first kappa shape index (κ1) is 14.5. The molecule has 4 heteroatoms. The zero-order valence-electron chi connectivity index (χ0n) is 9.54. The van der Waals surface area contributed by atoms with Crippen LogP contribution in [0, 0.1) is 13.8 Å². The summed E-state index contributed by atoms with van der Waals surface area (Å²) in [5.74, 6) is -0.658. The Bertz CT molecular complexity index is 376. The van der Waals surface area contributed by atoms with Crippen LogP contribution in [0.5, 0.6) is 5.75 Å². The second kappa shape index (κ2) is 6.18. The molecule has 0 unspecified atom stereocenters. The maximum Gasteiger partial charge on any atom is 0.330 e. The molecular weight excluding hydrogens is 228 g/mol. The molecule has 0 aliphatic carbocycles. The van der Waals surface area contributed by atoms with Crippen LogP contribution in [0.1, 0.15) is 18.1 Å². The van der Waals surface area contributed by atoms with Crippen molar-refractivity contribution in [3.63, 3.8) is 0 Å². The molecule has 1 aromatic rings. The Morgan fingerprint density at radius 2 is 1.62 bits per heavy atom. The zero-order valence-corrected chi connectivity index (χ0v) is 10.3. The van der Waals surface area contributed by atoms with Crippen molar-refractivity contribution in [2.45, 2.75) is 20.8 Å². The number of aromatic hydroxyl groups is 1. The minimum Gasteiger partial charge on any atom is -0.508 e. The van der Waals surface area contributed by atoms with Gasteiger partial charge in [-0.2, -0.15) is 0 Å². The Hall–Kier alpha value is -1.48. The van der Waals surface area contributed by atoms with E-state index in [1.807, 2.05) is 13.8 Å². The second-order valence-corrected chi connectivity index (χ2v) is 3.86. The van der Waals surface area contributed by atoms with Crippen LogP contribution < -0.4 is 0 Å². The van der Waals surface area contributed by atoms with E-state index in [1.54, 1.807) is 12.1 Å². The summed E-state index contributed by atoms with van der Waals surface area (Å²) in [4.78, 5) is 9.60. The van der Waals surface area contributed by atoms with Crippen LogP contribution in [0.15, 0.2) is 24.3 Å². The first-order valence-electron chi connectivity index (χ1n) is 4.60. The summed E-state index contributed by atoms with van der Waals surface area (Å²) in [6.45, 7) is 8.34. The number of carboxylic acid groups (broad SMARTS) is 1. The topological polar surface area (TPSA) is 57.5 Å². The molecule has 0 aliphatic heterocycles. The molecule has 3 nitrogen and oxygen atoms in total. The molecule has 0 bridgehead atoms.